The minimum atomic E-state index is -1.14. The summed E-state index contributed by atoms with van der Waals surface area (Å²) < 4.78 is 5.59. The van der Waals surface area contributed by atoms with Gasteiger partial charge >= 0.3 is 12.1 Å². The Hall–Kier alpha value is -3.39. The summed E-state index contributed by atoms with van der Waals surface area (Å²) in [4.78, 5) is 38.1. The SMILES string of the molecule is CC(C)C(CC(=O)N1CC(O)CC1C(=O)O)NC(=O)OCC1c2ccccc2-c2ccccc21. The Kier molecular flexibility index (Phi) is 6.88. The van der Waals surface area contributed by atoms with Crippen LogP contribution in [-0.4, -0.2) is 64.4 Å². The van der Waals surface area contributed by atoms with E-state index in [1.807, 2.05) is 50.2 Å². The lowest BCUT2D eigenvalue weighted by Gasteiger charge is -2.27. The number of likely N-dealkylation sites (tertiary alicyclic amines) is 1. The maximum absolute atomic E-state index is 12.8. The van der Waals surface area contributed by atoms with Gasteiger partial charge in [0.05, 0.1) is 6.10 Å². The van der Waals surface area contributed by atoms with E-state index in [4.69, 9.17) is 4.74 Å². The summed E-state index contributed by atoms with van der Waals surface area (Å²) in [6, 6.07) is 14.5. The lowest BCUT2D eigenvalue weighted by molar-refractivity contribution is -0.148. The monoisotopic (exact) mass is 466 g/mol. The summed E-state index contributed by atoms with van der Waals surface area (Å²) >= 11 is 0. The minimum absolute atomic E-state index is 0.00717. The molecule has 1 fully saturated rings. The molecule has 1 saturated heterocycles. The summed E-state index contributed by atoms with van der Waals surface area (Å²) in [6.07, 6.45) is -1.55. The number of alkyl carbamates (subject to hydrolysis) is 1. The van der Waals surface area contributed by atoms with Crippen molar-refractivity contribution in [1.29, 1.82) is 0 Å². The Morgan fingerprint density at radius 2 is 1.65 bits per heavy atom. The summed E-state index contributed by atoms with van der Waals surface area (Å²) in [7, 11) is 0. The molecule has 34 heavy (non-hydrogen) atoms. The average molecular weight is 467 g/mol. The lowest BCUT2D eigenvalue weighted by atomic mass is 9.98. The van der Waals surface area contributed by atoms with Crippen LogP contribution in [0.4, 0.5) is 4.79 Å². The van der Waals surface area contributed by atoms with Gasteiger partial charge in [-0.3, -0.25) is 4.79 Å². The number of rotatable bonds is 7. The third kappa shape index (κ3) is 4.77. The van der Waals surface area contributed by atoms with Crippen molar-refractivity contribution in [2.75, 3.05) is 13.2 Å². The quantitative estimate of drug-likeness (QED) is 0.578. The van der Waals surface area contributed by atoms with Gasteiger partial charge < -0.3 is 25.2 Å². The van der Waals surface area contributed by atoms with Crippen molar-refractivity contribution in [2.24, 2.45) is 5.92 Å². The largest absolute Gasteiger partial charge is 0.480 e. The van der Waals surface area contributed by atoms with E-state index in [1.165, 1.54) is 4.90 Å². The van der Waals surface area contributed by atoms with Crippen LogP contribution in [0.2, 0.25) is 0 Å². The normalized spacial score (nSPS) is 20.1. The average Bonchev–Trinajstić information content (AvgIpc) is 3.35. The van der Waals surface area contributed by atoms with Crippen LogP contribution in [0.1, 0.15) is 43.7 Å². The number of benzene rings is 2. The van der Waals surface area contributed by atoms with Crippen molar-refractivity contribution >= 4 is 18.0 Å². The number of ether oxygens (including phenoxy) is 1. The van der Waals surface area contributed by atoms with Gasteiger partial charge in [0.2, 0.25) is 5.91 Å². The fourth-order valence-electron chi connectivity index (χ4n) is 4.87. The van der Waals surface area contributed by atoms with Crippen molar-refractivity contribution in [2.45, 2.75) is 50.8 Å². The van der Waals surface area contributed by atoms with Crippen LogP contribution in [0.15, 0.2) is 48.5 Å². The molecule has 0 radical (unpaired) electrons. The number of nitrogens with one attached hydrogen (secondary N) is 1. The first-order chi connectivity index (χ1) is 16.3. The first-order valence-electron chi connectivity index (χ1n) is 11.6. The number of nitrogens with zero attached hydrogens (tertiary/aromatic N) is 1. The number of carbonyl (C=O) groups is 3. The molecular formula is C26H30N2O6. The number of aliphatic carboxylic acids is 1. The highest BCUT2D eigenvalue weighted by Gasteiger charge is 2.39. The van der Waals surface area contributed by atoms with Crippen molar-refractivity contribution in [1.82, 2.24) is 10.2 Å². The van der Waals surface area contributed by atoms with Gasteiger partial charge in [0.25, 0.3) is 0 Å². The second-order valence-electron chi connectivity index (χ2n) is 9.31. The highest BCUT2D eigenvalue weighted by atomic mass is 16.5. The van der Waals surface area contributed by atoms with E-state index in [0.29, 0.717) is 0 Å². The molecule has 1 heterocycles. The molecule has 2 aliphatic rings. The number of carboxylic acids is 1. The number of carbonyl (C=O) groups excluding carboxylic acids is 2. The number of aliphatic hydroxyl groups is 1. The van der Waals surface area contributed by atoms with Crippen LogP contribution < -0.4 is 5.32 Å². The number of aliphatic hydroxyl groups excluding tert-OH is 1. The first kappa shape index (κ1) is 23.8. The standard InChI is InChI=1S/C26H30N2O6/c1-15(2)22(12-24(30)28-13-16(29)11-23(28)25(31)32)27-26(33)34-14-21-19-9-5-3-7-17(19)18-8-4-6-10-20(18)21/h3-10,15-16,21-23,29H,11-14H2,1-2H3,(H,27,33)(H,31,32). The Morgan fingerprint density at radius 3 is 2.21 bits per heavy atom. The molecule has 0 bridgehead atoms. The third-order valence-corrected chi connectivity index (χ3v) is 6.73. The second kappa shape index (κ2) is 9.85. The smallest absolute Gasteiger partial charge is 0.407 e. The molecule has 0 spiro atoms. The van der Waals surface area contributed by atoms with Crippen LogP contribution >= 0.6 is 0 Å². The van der Waals surface area contributed by atoms with E-state index in [-0.39, 0.29) is 37.8 Å². The number of carboxylic acid groups (broad SMARTS) is 1. The van der Waals surface area contributed by atoms with Gasteiger partial charge in [-0.2, -0.15) is 0 Å². The highest BCUT2D eigenvalue weighted by Crippen LogP contribution is 2.44. The molecule has 3 N–H and O–H groups in total. The molecule has 8 heteroatoms. The molecule has 2 aromatic carbocycles. The van der Waals surface area contributed by atoms with Gasteiger partial charge in [-0.05, 0) is 28.2 Å². The molecule has 0 aromatic heterocycles. The molecule has 180 valence electrons. The first-order valence-corrected chi connectivity index (χ1v) is 11.6. The van der Waals surface area contributed by atoms with E-state index in [0.717, 1.165) is 22.3 Å². The van der Waals surface area contributed by atoms with Crippen LogP contribution in [0.5, 0.6) is 0 Å². The van der Waals surface area contributed by atoms with E-state index in [2.05, 4.69) is 17.4 Å². The van der Waals surface area contributed by atoms with E-state index >= 15 is 0 Å². The Morgan fingerprint density at radius 1 is 1.06 bits per heavy atom. The van der Waals surface area contributed by atoms with Gasteiger partial charge in [0.1, 0.15) is 12.6 Å². The molecule has 0 saturated carbocycles. The fraction of sp³-hybridized carbons (Fsp3) is 0.423. The molecular weight excluding hydrogens is 436 g/mol. The van der Waals surface area contributed by atoms with Crippen molar-refractivity contribution in [3.63, 3.8) is 0 Å². The lowest BCUT2D eigenvalue weighted by Crippen LogP contribution is -2.46. The van der Waals surface area contributed by atoms with E-state index in [1.54, 1.807) is 0 Å². The summed E-state index contributed by atoms with van der Waals surface area (Å²) in [5, 5.41) is 22.0. The maximum Gasteiger partial charge on any atom is 0.407 e. The second-order valence-corrected chi connectivity index (χ2v) is 9.31. The Bertz CT molecular complexity index is 1040. The number of amides is 2. The molecule has 1 aliphatic carbocycles. The van der Waals surface area contributed by atoms with Gasteiger partial charge in [-0.1, -0.05) is 62.4 Å². The van der Waals surface area contributed by atoms with Gasteiger partial charge in [-0.15, -0.1) is 0 Å². The molecule has 8 nitrogen and oxygen atoms in total. The summed E-state index contributed by atoms with van der Waals surface area (Å²) in [5.74, 6) is -1.71. The molecule has 1 aliphatic heterocycles. The number of hydrogen-bond acceptors (Lipinski definition) is 5. The number of fused-ring (bicyclic) bond motifs is 3. The summed E-state index contributed by atoms with van der Waals surface area (Å²) in [5.41, 5.74) is 4.50. The third-order valence-electron chi connectivity index (χ3n) is 6.73. The zero-order valence-electron chi connectivity index (χ0n) is 19.3. The topological polar surface area (TPSA) is 116 Å². The van der Waals surface area contributed by atoms with Gasteiger partial charge in [-0.25, -0.2) is 9.59 Å². The van der Waals surface area contributed by atoms with Crippen molar-refractivity contribution in [3.05, 3.63) is 59.7 Å². The zero-order valence-corrected chi connectivity index (χ0v) is 19.3. The predicted molar refractivity (Wildman–Crippen MR) is 125 cm³/mol. The van der Waals surface area contributed by atoms with Crippen molar-refractivity contribution < 1.29 is 29.3 Å². The molecule has 2 aromatic rings. The number of hydrogen-bond donors (Lipinski definition) is 3. The molecule has 4 rings (SSSR count). The van der Waals surface area contributed by atoms with Crippen LogP contribution in [0.25, 0.3) is 11.1 Å². The van der Waals surface area contributed by atoms with Gasteiger partial charge in [0, 0.05) is 31.3 Å². The van der Waals surface area contributed by atoms with E-state index in [9.17, 15) is 24.6 Å². The van der Waals surface area contributed by atoms with E-state index < -0.39 is 36.2 Å². The van der Waals surface area contributed by atoms with Gasteiger partial charge in [0.15, 0.2) is 0 Å². The summed E-state index contributed by atoms with van der Waals surface area (Å²) in [6.45, 7) is 3.88. The number of β-amino-alcohol motifs (C(OH)–C–C–N with tert-alkyl or cyclic N) is 1. The minimum Gasteiger partial charge on any atom is -0.480 e. The van der Waals surface area contributed by atoms with Crippen LogP contribution in [0.3, 0.4) is 0 Å². The van der Waals surface area contributed by atoms with Crippen molar-refractivity contribution in [3.8, 4) is 11.1 Å². The highest BCUT2D eigenvalue weighted by molar-refractivity contribution is 5.85. The molecule has 2 amide bonds. The molecule has 3 unspecified atom stereocenters. The van der Waals surface area contributed by atoms with Crippen LogP contribution in [-0.2, 0) is 14.3 Å². The predicted octanol–water partition coefficient (Wildman–Crippen LogP) is 2.99. The fourth-order valence-corrected chi connectivity index (χ4v) is 4.87. The van der Waals surface area contributed by atoms with Crippen LogP contribution in [0, 0.1) is 5.92 Å². The Balaban J connectivity index is 1.39. The zero-order chi connectivity index (χ0) is 24.4. The molecule has 3 atom stereocenters. The Labute approximate surface area is 198 Å². The maximum atomic E-state index is 12.8.